The van der Waals surface area contributed by atoms with Crippen molar-refractivity contribution in [2.45, 2.75) is 19.1 Å². The van der Waals surface area contributed by atoms with Crippen LogP contribution < -0.4 is 5.32 Å². The lowest BCUT2D eigenvalue weighted by Gasteiger charge is -2.21. The molecule has 0 bridgehead atoms. The van der Waals surface area contributed by atoms with E-state index in [0.29, 0.717) is 26.2 Å². The molecule has 1 heterocycles. The third-order valence-corrected chi connectivity index (χ3v) is 4.00. The van der Waals surface area contributed by atoms with Crippen LogP contribution in [0, 0.1) is 5.92 Å². The summed E-state index contributed by atoms with van der Waals surface area (Å²) in [6, 6.07) is 9.94. The molecule has 0 aliphatic carbocycles. The first-order chi connectivity index (χ1) is 11.3. The molecule has 134 valence electrons. The Morgan fingerprint density at radius 1 is 1.29 bits per heavy atom. The van der Waals surface area contributed by atoms with E-state index in [4.69, 9.17) is 0 Å². The minimum Gasteiger partial charge on any atom is -0.356 e. The van der Waals surface area contributed by atoms with Crippen molar-refractivity contribution in [2.75, 3.05) is 40.3 Å². The predicted molar refractivity (Wildman–Crippen MR) is 89.9 cm³/mol. The van der Waals surface area contributed by atoms with E-state index in [1.165, 1.54) is 4.90 Å². The molecule has 1 aliphatic rings. The molecule has 0 radical (unpaired) electrons. The highest BCUT2D eigenvalue weighted by Crippen LogP contribution is 2.22. The van der Waals surface area contributed by atoms with Gasteiger partial charge in [-0.25, -0.2) is 4.99 Å². The average Bonchev–Trinajstić information content (AvgIpc) is 2.93. The minimum atomic E-state index is -4.12. The van der Waals surface area contributed by atoms with Gasteiger partial charge in [-0.15, -0.1) is 0 Å². The molecule has 0 aromatic heterocycles. The Hall–Kier alpha value is -1.76. The van der Waals surface area contributed by atoms with Gasteiger partial charge in [-0.1, -0.05) is 30.3 Å². The molecule has 1 unspecified atom stereocenters. The van der Waals surface area contributed by atoms with Gasteiger partial charge in [0, 0.05) is 27.2 Å². The fourth-order valence-corrected chi connectivity index (χ4v) is 2.82. The van der Waals surface area contributed by atoms with Gasteiger partial charge in [0.25, 0.3) is 0 Å². The van der Waals surface area contributed by atoms with Crippen LogP contribution >= 0.6 is 0 Å². The fourth-order valence-electron chi connectivity index (χ4n) is 2.82. The van der Waals surface area contributed by atoms with Crippen LogP contribution in [0.3, 0.4) is 0 Å². The van der Waals surface area contributed by atoms with Crippen LogP contribution in [0.1, 0.15) is 12.0 Å². The van der Waals surface area contributed by atoms with Crippen molar-refractivity contribution >= 4 is 5.96 Å². The lowest BCUT2D eigenvalue weighted by atomic mass is 10.1. The molecule has 0 saturated carbocycles. The van der Waals surface area contributed by atoms with Crippen LogP contribution in [0.4, 0.5) is 13.2 Å². The van der Waals surface area contributed by atoms with E-state index < -0.39 is 12.7 Å². The van der Waals surface area contributed by atoms with Gasteiger partial charge in [0.1, 0.15) is 0 Å². The summed E-state index contributed by atoms with van der Waals surface area (Å²) in [6.07, 6.45) is -3.34. The van der Waals surface area contributed by atoms with Crippen molar-refractivity contribution in [2.24, 2.45) is 10.9 Å². The number of hydrogen-bond donors (Lipinski definition) is 1. The number of benzene rings is 1. The Morgan fingerprint density at radius 2 is 2.00 bits per heavy atom. The monoisotopic (exact) mass is 342 g/mol. The second-order valence-electron chi connectivity index (χ2n) is 6.41. The molecule has 1 N–H and O–H groups in total. The number of rotatable bonds is 5. The average molecular weight is 342 g/mol. The van der Waals surface area contributed by atoms with Crippen molar-refractivity contribution in [3.63, 3.8) is 0 Å². The lowest BCUT2D eigenvalue weighted by molar-refractivity contribution is -0.143. The zero-order chi connectivity index (χ0) is 17.6. The minimum absolute atomic E-state index is 0.217. The second kappa shape index (κ2) is 8.37. The van der Waals surface area contributed by atoms with Crippen molar-refractivity contribution < 1.29 is 13.2 Å². The third kappa shape index (κ3) is 6.39. The summed E-state index contributed by atoms with van der Waals surface area (Å²) in [5.41, 5.74) is 1.12. The summed E-state index contributed by atoms with van der Waals surface area (Å²) in [5, 5.41) is 3.28. The molecule has 1 aromatic carbocycles. The van der Waals surface area contributed by atoms with Gasteiger partial charge < -0.3 is 10.2 Å². The number of nitrogens with zero attached hydrogens (tertiary/aromatic N) is 3. The highest BCUT2D eigenvalue weighted by Gasteiger charge is 2.34. The maximum atomic E-state index is 12.4. The van der Waals surface area contributed by atoms with Gasteiger partial charge in [-0.2, -0.15) is 13.2 Å². The molecule has 1 fully saturated rings. The van der Waals surface area contributed by atoms with E-state index in [-0.39, 0.29) is 5.92 Å². The standard InChI is InChI=1S/C17H25F3N4/c1-23(2)16(21-10-14-6-4-3-5-7-14)22-11-15-8-9-24(12-15)13-17(18,19)20/h3-7,15H,8-13H2,1-2H3,(H,21,22). The van der Waals surface area contributed by atoms with Crippen LogP contribution in [-0.2, 0) is 6.54 Å². The van der Waals surface area contributed by atoms with E-state index in [1.807, 2.05) is 49.3 Å². The van der Waals surface area contributed by atoms with E-state index in [2.05, 4.69) is 10.3 Å². The Bertz CT molecular complexity index is 528. The third-order valence-electron chi connectivity index (χ3n) is 4.00. The van der Waals surface area contributed by atoms with Gasteiger partial charge in [0.2, 0.25) is 0 Å². The molecule has 1 aromatic rings. The van der Waals surface area contributed by atoms with Gasteiger partial charge in [0.15, 0.2) is 5.96 Å². The zero-order valence-electron chi connectivity index (χ0n) is 14.2. The number of hydrogen-bond acceptors (Lipinski definition) is 2. The summed E-state index contributed by atoms with van der Waals surface area (Å²) in [4.78, 5) is 7.94. The van der Waals surface area contributed by atoms with Crippen molar-refractivity contribution in [3.8, 4) is 0 Å². The summed E-state index contributed by atoms with van der Waals surface area (Å²) in [7, 11) is 3.81. The normalized spacial score (nSPS) is 19.5. The summed E-state index contributed by atoms with van der Waals surface area (Å²) in [6.45, 7) is 1.38. The quantitative estimate of drug-likeness (QED) is 0.659. The summed E-state index contributed by atoms with van der Waals surface area (Å²) >= 11 is 0. The van der Waals surface area contributed by atoms with Gasteiger partial charge in [0.05, 0.1) is 13.1 Å². The molecule has 4 nitrogen and oxygen atoms in total. The molecular weight excluding hydrogens is 317 g/mol. The topological polar surface area (TPSA) is 30.9 Å². The predicted octanol–water partition coefficient (Wildman–Crippen LogP) is 2.58. The SMILES string of the molecule is CN(C)C(=NCc1ccccc1)NCC1CCN(CC(F)(F)F)C1. The highest BCUT2D eigenvalue weighted by molar-refractivity contribution is 5.79. The van der Waals surface area contributed by atoms with Crippen LogP contribution in [0.2, 0.25) is 0 Å². The molecule has 0 spiro atoms. The Balaban J connectivity index is 1.82. The summed E-state index contributed by atoms with van der Waals surface area (Å²) in [5.74, 6) is 0.974. The lowest BCUT2D eigenvalue weighted by Crippen LogP contribution is -2.40. The first-order valence-corrected chi connectivity index (χ1v) is 8.12. The Kier molecular flexibility index (Phi) is 6.48. The molecule has 2 rings (SSSR count). The van der Waals surface area contributed by atoms with Gasteiger partial charge >= 0.3 is 6.18 Å². The molecule has 1 saturated heterocycles. The molecule has 7 heteroatoms. The van der Waals surface area contributed by atoms with E-state index >= 15 is 0 Å². The number of nitrogens with one attached hydrogen (secondary N) is 1. The number of guanidine groups is 1. The van der Waals surface area contributed by atoms with E-state index in [1.54, 1.807) is 0 Å². The fraction of sp³-hybridized carbons (Fsp3) is 0.588. The number of likely N-dealkylation sites (tertiary alicyclic amines) is 1. The van der Waals surface area contributed by atoms with E-state index in [0.717, 1.165) is 17.9 Å². The van der Waals surface area contributed by atoms with Crippen molar-refractivity contribution in [3.05, 3.63) is 35.9 Å². The van der Waals surface area contributed by atoms with Gasteiger partial charge in [-0.05, 0) is 24.4 Å². The molecule has 1 aliphatic heterocycles. The first kappa shape index (κ1) is 18.6. The smallest absolute Gasteiger partial charge is 0.356 e. The second-order valence-corrected chi connectivity index (χ2v) is 6.41. The summed E-state index contributed by atoms with van der Waals surface area (Å²) < 4.78 is 37.3. The molecular formula is C17H25F3N4. The van der Waals surface area contributed by atoms with E-state index in [9.17, 15) is 13.2 Å². The maximum Gasteiger partial charge on any atom is 0.401 e. The highest BCUT2D eigenvalue weighted by atomic mass is 19.4. The molecule has 1 atom stereocenters. The largest absolute Gasteiger partial charge is 0.401 e. The number of halogens is 3. The first-order valence-electron chi connectivity index (χ1n) is 8.12. The zero-order valence-corrected chi connectivity index (χ0v) is 14.2. The number of aliphatic imine (C=N–C) groups is 1. The maximum absolute atomic E-state index is 12.4. The number of alkyl halides is 3. The van der Waals surface area contributed by atoms with Crippen molar-refractivity contribution in [1.29, 1.82) is 0 Å². The van der Waals surface area contributed by atoms with Crippen LogP contribution in [-0.4, -0.2) is 62.2 Å². The van der Waals surface area contributed by atoms with Crippen molar-refractivity contribution in [1.82, 2.24) is 15.1 Å². The van der Waals surface area contributed by atoms with Crippen LogP contribution in [0.5, 0.6) is 0 Å². The Labute approximate surface area is 141 Å². The molecule has 0 amide bonds. The molecule has 24 heavy (non-hydrogen) atoms. The Morgan fingerprint density at radius 3 is 2.62 bits per heavy atom. The van der Waals surface area contributed by atoms with Gasteiger partial charge in [-0.3, -0.25) is 4.90 Å². The van der Waals surface area contributed by atoms with Crippen LogP contribution in [0.15, 0.2) is 35.3 Å². The van der Waals surface area contributed by atoms with Crippen LogP contribution in [0.25, 0.3) is 0 Å².